The number of halogens is 1. The van der Waals surface area contributed by atoms with Crippen LogP contribution in [-0.4, -0.2) is 47.3 Å². The molecule has 0 aliphatic carbocycles. The average Bonchev–Trinajstić information content (AvgIpc) is 2.76. The molecule has 0 atom stereocenters. The van der Waals surface area contributed by atoms with E-state index in [9.17, 15) is 9.18 Å². The molecule has 1 aliphatic heterocycles. The molecule has 3 aromatic rings. The molecule has 0 unspecified atom stereocenters. The number of nitrogens with zero attached hydrogens (tertiary/aromatic N) is 4. The normalized spacial score (nSPS) is 14.0. The highest BCUT2D eigenvalue weighted by atomic mass is 19.1. The summed E-state index contributed by atoms with van der Waals surface area (Å²) in [6.45, 7) is 6.61. The number of hydrogen-bond donors (Lipinski definition) is 1. The predicted octanol–water partition coefficient (Wildman–Crippen LogP) is 4.25. The first-order chi connectivity index (χ1) is 14.5. The lowest BCUT2D eigenvalue weighted by molar-refractivity contribution is 0.208. The topological polar surface area (TPSA) is 61.4 Å². The van der Waals surface area contributed by atoms with Gasteiger partial charge in [0.05, 0.1) is 5.69 Å². The Bertz CT molecular complexity index is 1050. The van der Waals surface area contributed by atoms with Crippen molar-refractivity contribution in [2.75, 3.05) is 36.4 Å². The summed E-state index contributed by atoms with van der Waals surface area (Å²) in [6, 6.07) is 15.9. The molecule has 2 aromatic carbocycles. The van der Waals surface area contributed by atoms with Gasteiger partial charge in [0.25, 0.3) is 0 Å². The van der Waals surface area contributed by atoms with Crippen LogP contribution < -0.4 is 10.2 Å². The Balaban J connectivity index is 1.35. The number of aryl methyl sites for hydroxylation is 2. The van der Waals surface area contributed by atoms with E-state index >= 15 is 0 Å². The Kier molecular flexibility index (Phi) is 5.61. The van der Waals surface area contributed by atoms with Gasteiger partial charge in [0.15, 0.2) is 5.82 Å². The molecule has 2 amide bonds. The molecule has 1 fully saturated rings. The van der Waals surface area contributed by atoms with Crippen molar-refractivity contribution in [2.24, 2.45) is 0 Å². The van der Waals surface area contributed by atoms with Gasteiger partial charge in [-0.1, -0.05) is 18.2 Å². The van der Waals surface area contributed by atoms with E-state index in [-0.39, 0.29) is 11.8 Å². The first-order valence-electron chi connectivity index (χ1n) is 9.97. The Morgan fingerprint density at radius 3 is 2.40 bits per heavy atom. The summed E-state index contributed by atoms with van der Waals surface area (Å²) in [7, 11) is 0. The van der Waals surface area contributed by atoms with Crippen molar-refractivity contribution in [2.45, 2.75) is 13.8 Å². The third-order valence-corrected chi connectivity index (χ3v) is 5.42. The van der Waals surface area contributed by atoms with E-state index in [4.69, 9.17) is 0 Å². The summed E-state index contributed by atoms with van der Waals surface area (Å²) in [6.07, 6.45) is 0. The van der Waals surface area contributed by atoms with Gasteiger partial charge >= 0.3 is 6.03 Å². The lowest BCUT2D eigenvalue weighted by Gasteiger charge is -2.35. The molecule has 0 bridgehead atoms. The van der Waals surface area contributed by atoms with Gasteiger partial charge in [-0.2, -0.15) is 0 Å². The van der Waals surface area contributed by atoms with E-state index < -0.39 is 0 Å². The number of anilines is 2. The van der Waals surface area contributed by atoms with E-state index in [0.29, 0.717) is 31.9 Å². The van der Waals surface area contributed by atoms with Crippen molar-refractivity contribution >= 4 is 17.5 Å². The van der Waals surface area contributed by atoms with E-state index in [0.717, 1.165) is 17.1 Å². The molecule has 4 rings (SSSR count). The molecule has 1 aromatic heterocycles. The molecule has 154 valence electrons. The minimum atomic E-state index is -0.375. The number of nitrogens with one attached hydrogen (secondary N) is 1. The van der Waals surface area contributed by atoms with Gasteiger partial charge in [-0.3, -0.25) is 0 Å². The number of piperazine rings is 1. The summed E-state index contributed by atoms with van der Waals surface area (Å²) in [5.74, 6) is 0.424. The van der Waals surface area contributed by atoms with Crippen LogP contribution in [0, 0.1) is 19.7 Å². The molecule has 0 radical (unpaired) electrons. The molecule has 1 saturated heterocycles. The molecule has 6 nitrogen and oxygen atoms in total. The van der Waals surface area contributed by atoms with Crippen molar-refractivity contribution in [1.82, 2.24) is 15.1 Å². The van der Waals surface area contributed by atoms with Crippen molar-refractivity contribution in [3.05, 3.63) is 71.5 Å². The van der Waals surface area contributed by atoms with Gasteiger partial charge in [0.2, 0.25) is 0 Å². The number of urea groups is 1. The number of rotatable bonds is 3. The van der Waals surface area contributed by atoms with Crippen LogP contribution in [0.3, 0.4) is 0 Å². The molecular weight excluding hydrogens is 381 g/mol. The third kappa shape index (κ3) is 4.40. The van der Waals surface area contributed by atoms with Gasteiger partial charge in [0.1, 0.15) is 5.82 Å². The van der Waals surface area contributed by atoms with Crippen LogP contribution in [0.5, 0.6) is 0 Å². The van der Waals surface area contributed by atoms with Crippen LogP contribution >= 0.6 is 0 Å². The van der Waals surface area contributed by atoms with Gasteiger partial charge in [-0.15, -0.1) is 10.2 Å². The van der Waals surface area contributed by atoms with Gasteiger partial charge in [-0.25, -0.2) is 9.18 Å². The zero-order chi connectivity index (χ0) is 21.1. The average molecular weight is 405 g/mol. The van der Waals surface area contributed by atoms with Gasteiger partial charge < -0.3 is 15.1 Å². The van der Waals surface area contributed by atoms with Crippen molar-refractivity contribution in [3.8, 4) is 11.3 Å². The maximum Gasteiger partial charge on any atom is 0.321 e. The van der Waals surface area contributed by atoms with Gasteiger partial charge in [-0.05, 0) is 61.4 Å². The Labute approximate surface area is 175 Å². The Morgan fingerprint density at radius 2 is 1.73 bits per heavy atom. The molecular formula is C23H24FN5O. The van der Waals surface area contributed by atoms with Crippen molar-refractivity contribution in [1.29, 1.82) is 0 Å². The molecule has 1 N–H and O–H groups in total. The van der Waals surface area contributed by atoms with Crippen molar-refractivity contribution in [3.63, 3.8) is 0 Å². The highest BCUT2D eigenvalue weighted by Gasteiger charge is 2.22. The zero-order valence-corrected chi connectivity index (χ0v) is 17.1. The summed E-state index contributed by atoms with van der Waals surface area (Å²) < 4.78 is 13.3. The van der Waals surface area contributed by atoms with Crippen molar-refractivity contribution < 1.29 is 9.18 Å². The number of benzene rings is 2. The lowest BCUT2D eigenvalue weighted by Crippen LogP contribution is -2.50. The maximum atomic E-state index is 13.3. The number of aromatic nitrogens is 2. The second kappa shape index (κ2) is 8.49. The fourth-order valence-corrected chi connectivity index (χ4v) is 3.46. The van der Waals surface area contributed by atoms with Crippen LogP contribution in [0.1, 0.15) is 11.1 Å². The second-order valence-corrected chi connectivity index (χ2v) is 7.49. The predicted molar refractivity (Wildman–Crippen MR) is 116 cm³/mol. The summed E-state index contributed by atoms with van der Waals surface area (Å²) >= 11 is 0. The number of carbonyl (C=O) groups excluding carboxylic acids is 1. The highest BCUT2D eigenvalue weighted by Crippen LogP contribution is 2.22. The summed E-state index contributed by atoms with van der Waals surface area (Å²) in [4.78, 5) is 16.3. The SMILES string of the molecule is Cc1ccc(-c2ccc(N3CCN(C(=O)Nc4cccc(F)c4)CC3)nn2)cc1C. The molecule has 1 aliphatic rings. The summed E-state index contributed by atoms with van der Waals surface area (Å²) in [5.41, 5.74) is 4.83. The van der Waals surface area contributed by atoms with Crippen LogP contribution in [0.2, 0.25) is 0 Å². The minimum Gasteiger partial charge on any atom is -0.352 e. The van der Waals surface area contributed by atoms with E-state index in [2.05, 4.69) is 52.5 Å². The molecule has 0 saturated carbocycles. The van der Waals surface area contributed by atoms with Crippen LogP contribution in [0.4, 0.5) is 20.7 Å². The van der Waals surface area contributed by atoms with E-state index in [1.54, 1.807) is 17.0 Å². The van der Waals surface area contributed by atoms with Crippen LogP contribution in [-0.2, 0) is 0 Å². The van der Waals surface area contributed by atoms with E-state index in [1.807, 2.05) is 12.1 Å². The Hall–Kier alpha value is -3.48. The second-order valence-electron chi connectivity index (χ2n) is 7.49. The number of carbonyl (C=O) groups is 1. The number of amides is 2. The number of hydrogen-bond acceptors (Lipinski definition) is 4. The van der Waals surface area contributed by atoms with E-state index in [1.165, 1.54) is 23.3 Å². The smallest absolute Gasteiger partial charge is 0.321 e. The molecule has 30 heavy (non-hydrogen) atoms. The van der Waals surface area contributed by atoms with Crippen LogP contribution in [0.25, 0.3) is 11.3 Å². The summed E-state index contributed by atoms with van der Waals surface area (Å²) in [5, 5.41) is 11.5. The quantitative estimate of drug-likeness (QED) is 0.708. The fraction of sp³-hybridized carbons (Fsp3) is 0.261. The van der Waals surface area contributed by atoms with Gasteiger partial charge in [0, 0.05) is 37.4 Å². The first kappa shape index (κ1) is 19.8. The highest BCUT2D eigenvalue weighted by molar-refractivity contribution is 5.89. The minimum absolute atomic E-state index is 0.226. The lowest BCUT2D eigenvalue weighted by atomic mass is 10.0. The first-order valence-corrected chi connectivity index (χ1v) is 9.97. The molecule has 0 spiro atoms. The Morgan fingerprint density at radius 1 is 0.933 bits per heavy atom. The molecule has 2 heterocycles. The largest absolute Gasteiger partial charge is 0.352 e. The fourth-order valence-electron chi connectivity index (χ4n) is 3.46. The van der Waals surface area contributed by atoms with Crippen LogP contribution in [0.15, 0.2) is 54.6 Å². The zero-order valence-electron chi connectivity index (χ0n) is 17.1. The maximum absolute atomic E-state index is 13.3. The standard InChI is InChI=1S/C23H24FN5O/c1-16-6-7-18(14-17(16)2)21-8-9-22(27-26-21)28-10-12-29(13-11-28)23(30)25-20-5-3-4-19(24)15-20/h3-9,14-15H,10-13H2,1-2H3,(H,25,30). The third-order valence-electron chi connectivity index (χ3n) is 5.42. The monoisotopic (exact) mass is 405 g/mol. The molecule has 7 heteroatoms.